The molecule has 0 aliphatic carbocycles. The molecular weight excluding hydrogens is 418 g/mol. The lowest BCUT2D eigenvalue weighted by atomic mass is 10.1. The van der Waals surface area contributed by atoms with Crippen LogP contribution < -0.4 is 5.32 Å². The molecule has 0 aliphatic rings. The summed E-state index contributed by atoms with van der Waals surface area (Å²) in [5.41, 5.74) is 4.16. The van der Waals surface area contributed by atoms with Crippen molar-refractivity contribution < 1.29 is 9.90 Å². The second kappa shape index (κ2) is 9.58. The highest BCUT2D eigenvalue weighted by atomic mass is 32.1. The van der Waals surface area contributed by atoms with E-state index in [0.29, 0.717) is 5.82 Å². The average molecular weight is 442 g/mol. The maximum absolute atomic E-state index is 11.1. The average Bonchev–Trinajstić information content (AvgIpc) is 3.28. The number of hydrogen-bond donors (Lipinski definition) is 2. The summed E-state index contributed by atoms with van der Waals surface area (Å²) in [6.45, 7) is 4.06. The third-order valence-corrected chi connectivity index (χ3v) is 6.10. The lowest BCUT2D eigenvalue weighted by Crippen LogP contribution is -2.05. The molecule has 160 valence electrons. The van der Waals surface area contributed by atoms with Crippen LogP contribution in [-0.2, 0) is 6.42 Å². The van der Waals surface area contributed by atoms with Gasteiger partial charge in [0.2, 0.25) is 0 Å². The van der Waals surface area contributed by atoms with Gasteiger partial charge < -0.3 is 10.4 Å². The van der Waals surface area contributed by atoms with E-state index in [1.807, 2.05) is 31.2 Å². The van der Waals surface area contributed by atoms with Crippen LogP contribution in [0.5, 0.6) is 0 Å². The van der Waals surface area contributed by atoms with E-state index in [9.17, 15) is 4.79 Å². The summed E-state index contributed by atoms with van der Waals surface area (Å²) >= 11 is 1.64. The fourth-order valence-corrected chi connectivity index (χ4v) is 4.22. The Bertz CT molecular complexity index is 1260. The van der Waals surface area contributed by atoms with Crippen LogP contribution in [0.4, 0.5) is 11.5 Å². The van der Waals surface area contributed by atoms with Gasteiger partial charge in [-0.25, -0.2) is 14.8 Å². The Hall–Kier alpha value is -3.77. The number of carboxylic acid groups (broad SMARTS) is 1. The number of nitrogens with one attached hydrogen (secondary N) is 1. The molecule has 4 rings (SSSR count). The van der Waals surface area contributed by atoms with Gasteiger partial charge in [0, 0.05) is 21.8 Å². The second-order valence-electron chi connectivity index (χ2n) is 7.27. The number of nitrogens with zero attached hydrogens (tertiary/aromatic N) is 2. The number of benzene rings is 2. The topological polar surface area (TPSA) is 75.1 Å². The zero-order valence-corrected chi connectivity index (χ0v) is 18.7. The summed E-state index contributed by atoms with van der Waals surface area (Å²) < 4.78 is 0. The SMILES string of the molecule is CCc1c(C)nc(-c2ccc(C=Cc3ccccc3)s2)nc1Nc1ccc(C(=O)O)cc1. The first-order chi connectivity index (χ1) is 15.5. The number of carbonyl (C=O) groups is 1. The summed E-state index contributed by atoms with van der Waals surface area (Å²) in [6.07, 6.45) is 4.98. The third-order valence-electron chi connectivity index (χ3n) is 5.05. The number of aryl methyl sites for hydroxylation is 1. The quantitative estimate of drug-likeness (QED) is 0.334. The first kappa shape index (κ1) is 21.5. The molecule has 0 saturated carbocycles. The van der Waals surface area contributed by atoms with Crippen LogP contribution in [0.25, 0.3) is 22.9 Å². The van der Waals surface area contributed by atoms with Gasteiger partial charge in [0.25, 0.3) is 0 Å². The third kappa shape index (κ3) is 4.92. The molecule has 2 N–H and O–H groups in total. The smallest absolute Gasteiger partial charge is 0.335 e. The van der Waals surface area contributed by atoms with Gasteiger partial charge in [0.1, 0.15) is 5.82 Å². The van der Waals surface area contributed by atoms with Crippen molar-refractivity contribution in [1.82, 2.24) is 9.97 Å². The Kier molecular flexibility index (Phi) is 6.42. The van der Waals surface area contributed by atoms with Crippen molar-refractivity contribution >= 4 is 41.0 Å². The van der Waals surface area contributed by atoms with E-state index < -0.39 is 5.97 Å². The van der Waals surface area contributed by atoms with Crippen LogP contribution in [0, 0.1) is 6.92 Å². The van der Waals surface area contributed by atoms with Crippen LogP contribution >= 0.6 is 11.3 Å². The van der Waals surface area contributed by atoms with E-state index in [1.165, 1.54) is 0 Å². The monoisotopic (exact) mass is 441 g/mol. The van der Waals surface area contributed by atoms with Crippen molar-refractivity contribution in [2.75, 3.05) is 5.32 Å². The molecule has 0 amide bonds. The number of aromatic nitrogens is 2. The van der Waals surface area contributed by atoms with Crippen molar-refractivity contribution in [2.45, 2.75) is 20.3 Å². The maximum Gasteiger partial charge on any atom is 0.335 e. The van der Waals surface area contributed by atoms with E-state index in [2.05, 4.69) is 42.6 Å². The minimum Gasteiger partial charge on any atom is -0.478 e. The van der Waals surface area contributed by atoms with Crippen molar-refractivity contribution in [3.05, 3.63) is 94.0 Å². The molecule has 0 fully saturated rings. The van der Waals surface area contributed by atoms with Gasteiger partial charge >= 0.3 is 5.97 Å². The highest BCUT2D eigenvalue weighted by Gasteiger charge is 2.14. The Morgan fingerprint density at radius 3 is 2.44 bits per heavy atom. The summed E-state index contributed by atoms with van der Waals surface area (Å²) in [6, 6.07) is 21.0. The fourth-order valence-electron chi connectivity index (χ4n) is 3.37. The minimum atomic E-state index is -0.944. The van der Waals surface area contributed by atoms with Crippen LogP contribution in [0.1, 0.15) is 39.0 Å². The first-order valence-electron chi connectivity index (χ1n) is 10.3. The van der Waals surface area contributed by atoms with Crippen LogP contribution in [-0.4, -0.2) is 21.0 Å². The second-order valence-corrected chi connectivity index (χ2v) is 8.38. The molecule has 2 heterocycles. The van der Waals surface area contributed by atoms with Gasteiger partial charge in [-0.2, -0.15) is 0 Å². The minimum absolute atomic E-state index is 0.250. The molecule has 0 atom stereocenters. The molecule has 0 radical (unpaired) electrons. The molecule has 0 bridgehead atoms. The zero-order valence-electron chi connectivity index (χ0n) is 17.9. The Balaban J connectivity index is 1.61. The van der Waals surface area contributed by atoms with E-state index in [4.69, 9.17) is 15.1 Å². The molecule has 0 saturated heterocycles. The maximum atomic E-state index is 11.1. The molecule has 5 nitrogen and oxygen atoms in total. The van der Waals surface area contributed by atoms with Gasteiger partial charge in [-0.3, -0.25) is 0 Å². The zero-order chi connectivity index (χ0) is 22.5. The largest absolute Gasteiger partial charge is 0.478 e. The summed E-state index contributed by atoms with van der Waals surface area (Å²) in [5, 5.41) is 12.4. The lowest BCUT2D eigenvalue weighted by Gasteiger charge is -2.13. The van der Waals surface area contributed by atoms with Gasteiger partial charge in [0.15, 0.2) is 5.82 Å². The number of carboxylic acids is 1. The van der Waals surface area contributed by atoms with Gasteiger partial charge in [-0.05, 0) is 61.4 Å². The highest BCUT2D eigenvalue weighted by Crippen LogP contribution is 2.30. The summed E-state index contributed by atoms with van der Waals surface area (Å²) in [7, 11) is 0. The summed E-state index contributed by atoms with van der Waals surface area (Å²) in [5.74, 6) is 0.474. The van der Waals surface area contributed by atoms with Gasteiger partial charge in [-0.15, -0.1) is 11.3 Å². The van der Waals surface area contributed by atoms with Crippen LogP contribution in [0.3, 0.4) is 0 Å². The molecule has 6 heteroatoms. The predicted octanol–water partition coefficient (Wildman–Crippen LogP) is 6.69. The molecule has 0 spiro atoms. The van der Waals surface area contributed by atoms with E-state index in [0.717, 1.165) is 44.5 Å². The van der Waals surface area contributed by atoms with Crippen molar-refractivity contribution in [3.8, 4) is 10.7 Å². The van der Waals surface area contributed by atoms with E-state index in [-0.39, 0.29) is 5.56 Å². The standard InChI is InChI=1S/C26H23N3O2S/c1-3-22-17(2)27-25(29-24(22)28-20-12-10-19(11-13-20)26(30)31)23-16-15-21(32-23)14-9-18-7-5-4-6-8-18/h4-16H,3H2,1-2H3,(H,30,31)(H,27,28,29). The number of rotatable bonds is 7. The van der Waals surface area contributed by atoms with Gasteiger partial charge in [-0.1, -0.05) is 43.3 Å². The number of hydrogen-bond acceptors (Lipinski definition) is 5. The Morgan fingerprint density at radius 1 is 1.00 bits per heavy atom. The molecule has 4 aromatic rings. The fraction of sp³-hybridized carbons (Fsp3) is 0.115. The lowest BCUT2D eigenvalue weighted by molar-refractivity contribution is 0.0697. The van der Waals surface area contributed by atoms with Crippen LogP contribution in [0.2, 0.25) is 0 Å². The Morgan fingerprint density at radius 2 is 1.75 bits per heavy atom. The number of anilines is 2. The van der Waals surface area contributed by atoms with Gasteiger partial charge in [0.05, 0.1) is 10.4 Å². The Labute approximate surface area is 191 Å². The molecule has 2 aromatic carbocycles. The van der Waals surface area contributed by atoms with Crippen LogP contribution in [0.15, 0.2) is 66.7 Å². The van der Waals surface area contributed by atoms with Crippen molar-refractivity contribution in [3.63, 3.8) is 0 Å². The predicted molar refractivity (Wildman–Crippen MR) is 132 cm³/mol. The van der Waals surface area contributed by atoms with Crippen molar-refractivity contribution in [1.29, 1.82) is 0 Å². The van der Waals surface area contributed by atoms with E-state index in [1.54, 1.807) is 35.6 Å². The molecule has 0 aliphatic heterocycles. The molecule has 2 aromatic heterocycles. The van der Waals surface area contributed by atoms with E-state index >= 15 is 0 Å². The molecule has 0 unspecified atom stereocenters. The number of aromatic carboxylic acids is 1. The highest BCUT2D eigenvalue weighted by molar-refractivity contribution is 7.16. The molecular formula is C26H23N3O2S. The normalized spacial score (nSPS) is 11.1. The summed E-state index contributed by atoms with van der Waals surface area (Å²) in [4.78, 5) is 22.8. The molecule has 32 heavy (non-hydrogen) atoms. The van der Waals surface area contributed by atoms with Crippen molar-refractivity contribution in [2.24, 2.45) is 0 Å². The number of thiophene rings is 1. The first-order valence-corrected chi connectivity index (χ1v) is 11.2.